The minimum Gasteiger partial charge on any atom is -0.381 e. The van der Waals surface area contributed by atoms with Crippen LogP contribution in [0.5, 0.6) is 0 Å². The van der Waals surface area contributed by atoms with Crippen LogP contribution in [-0.4, -0.2) is 11.9 Å². The smallest absolute Gasteiger partial charge is 0.0400 e. The predicted octanol–water partition coefficient (Wildman–Crippen LogP) is 5.80. The molecule has 0 bridgehead atoms. The highest BCUT2D eigenvalue weighted by Crippen LogP contribution is 2.26. The summed E-state index contributed by atoms with van der Waals surface area (Å²) in [5, 5.41) is 3.59. The van der Waals surface area contributed by atoms with E-state index < -0.39 is 0 Å². The zero-order valence-electron chi connectivity index (χ0n) is 15.9. The third kappa shape index (κ3) is 4.74. The fourth-order valence-corrected chi connectivity index (χ4v) is 3.15. The lowest BCUT2D eigenvalue weighted by Gasteiger charge is -2.26. The topological polar surface area (TPSA) is 15.3 Å². The first-order valence-electron chi connectivity index (χ1n) is 9.26. The Morgan fingerprint density at radius 2 is 1.46 bits per heavy atom. The molecule has 2 heteroatoms. The second-order valence-corrected chi connectivity index (χ2v) is 6.99. The van der Waals surface area contributed by atoms with Crippen molar-refractivity contribution < 1.29 is 0 Å². The average Bonchev–Trinajstić information content (AvgIpc) is 2.68. The van der Waals surface area contributed by atoms with E-state index in [0.29, 0.717) is 6.04 Å². The first-order chi connectivity index (χ1) is 12.6. The Morgan fingerprint density at radius 3 is 2.12 bits per heavy atom. The Bertz CT molecular complexity index is 812. The molecule has 0 spiro atoms. The molecule has 26 heavy (non-hydrogen) atoms. The van der Waals surface area contributed by atoms with Crippen LogP contribution < -0.4 is 5.32 Å². The van der Waals surface area contributed by atoms with Gasteiger partial charge < -0.3 is 5.32 Å². The Labute approximate surface area is 157 Å². The van der Waals surface area contributed by atoms with Gasteiger partial charge in [0.2, 0.25) is 0 Å². The monoisotopic (exact) mass is 344 g/mol. The van der Waals surface area contributed by atoms with E-state index in [1.54, 1.807) is 0 Å². The van der Waals surface area contributed by atoms with E-state index >= 15 is 0 Å². The molecule has 0 aliphatic rings. The van der Waals surface area contributed by atoms with E-state index in [0.717, 1.165) is 13.1 Å². The number of benzene rings is 3. The van der Waals surface area contributed by atoms with Crippen molar-refractivity contribution in [2.75, 3.05) is 12.4 Å². The van der Waals surface area contributed by atoms with E-state index in [-0.39, 0.29) is 0 Å². The highest BCUT2D eigenvalue weighted by Gasteiger charge is 2.13. The van der Waals surface area contributed by atoms with E-state index in [1.807, 2.05) is 0 Å². The quantitative estimate of drug-likeness (QED) is 0.582. The van der Waals surface area contributed by atoms with Crippen molar-refractivity contribution in [1.29, 1.82) is 0 Å². The maximum atomic E-state index is 3.59. The molecule has 0 aliphatic heterocycles. The van der Waals surface area contributed by atoms with E-state index in [4.69, 9.17) is 0 Å². The Morgan fingerprint density at radius 1 is 0.846 bits per heavy atom. The average molecular weight is 345 g/mol. The largest absolute Gasteiger partial charge is 0.381 e. The first kappa shape index (κ1) is 18.2. The highest BCUT2D eigenvalue weighted by molar-refractivity contribution is 5.53. The molecule has 0 unspecified atom stereocenters. The Balaban J connectivity index is 1.69. The van der Waals surface area contributed by atoms with Crippen LogP contribution in [0.4, 0.5) is 5.69 Å². The molecule has 0 saturated heterocycles. The number of nitrogens with zero attached hydrogens (tertiary/aromatic N) is 1. The van der Waals surface area contributed by atoms with Crippen LogP contribution in [-0.2, 0) is 13.1 Å². The first-order valence-corrected chi connectivity index (χ1v) is 9.26. The van der Waals surface area contributed by atoms with Gasteiger partial charge in [0, 0.05) is 24.8 Å². The van der Waals surface area contributed by atoms with Gasteiger partial charge in [0.15, 0.2) is 0 Å². The van der Waals surface area contributed by atoms with Gasteiger partial charge in [-0.3, -0.25) is 4.90 Å². The summed E-state index contributed by atoms with van der Waals surface area (Å²) < 4.78 is 0. The van der Waals surface area contributed by atoms with Crippen molar-refractivity contribution in [2.45, 2.75) is 33.0 Å². The van der Waals surface area contributed by atoms with E-state index in [2.05, 4.69) is 110 Å². The third-order valence-corrected chi connectivity index (χ3v) is 5.01. The van der Waals surface area contributed by atoms with Crippen LogP contribution >= 0.6 is 0 Å². The summed E-state index contributed by atoms with van der Waals surface area (Å²) >= 11 is 0. The SMILES string of the molecule is Cc1ccc([C@@H](C)N(C)Cc2ccccc2)cc1NCc1ccccc1. The second kappa shape index (κ2) is 8.68. The summed E-state index contributed by atoms with van der Waals surface area (Å²) in [6, 6.07) is 28.3. The van der Waals surface area contributed by atoms with Crippen molar-refractivity contribution in [3.8, 4) is 0 Å². The summed E-state index contributed by atoms with van der Waals surface area (Å²) in [4.78, 5) is 2.39. The molecular weight excluding hydrogens is 316 g/mol. The Hall–Kier alpha value is -2.58. The molecule has 0 amide bonds. The zero-order valence-corrected chi connectivity index (χ0v) is 15.9. The van der Waals surface area contributed by atoms with Crippen LogP contribution in [0.2, 0.25) is 0 Å². The van der Waals surface area contributed by atoms with Gasteiger partial charge in [0.25, 0.3) is 0 Å². The van der Waals surface area contributed by atoms with Gasteiger partial charge in [0.05, 0.1) is 0 Å². The zero-order chi connectivity index (χ0) is 18.4. The number of hydrogen-bond donors (Lipinski definition) is 1. The van der Waals surface area contributed by atoms with Gasteiger partial charge in [-0.25, -0.2) is 0 Å². The molecule has 0 saturated carbocycles. The fraction of sp³-hybridized carbons (Fsp3) is 0.250. The van der Waals surface area contributed by atoms with Crippen molar-refractivity contribution in [3.05, 3.63) is 101 Å². The number of nitrogens with one attached hydrogen (secondary N) is 1. The van der Waals surface area contributed by atoms with Crippen molar-refractivity contribution in [1.82, 2.24) is 4.90 Å². The lowest BCUT2D eigenvalue weighted by molar-refractivity contribution is 0.253. The van der Waals surface area contributed by atoms with Crippen molar-refractivity contribution in [2.24, 2.45) is 0 Å². The minimum atomic E-state index is 0.355. The number of rotatable bonds is 7. The van der Waals surface area contributed by atoms with E-state index in [1.165, 1.54) is 27.9 Å². The molecule has 134 valence electrons. The summed E-state index contributed by atoms with van der Waals surface area (Å²) in [6.45, 7) is 6.23. The van der Waals surface area contributed by atoms with Gasteiger partial charge in [-0.2, -0.15) is 0 Å². The summed E-state index contributed by atoms with van der Waals surface area (Å²) in [5.41, 5.74) is 6.47. The summed E-state index contributed by atoms with van der Waals surface area (Å²) in [7, 11) is 2.19. The Kier molecular flexibility index (Phi) is 6.08. The molecule has 0 radical (unpaired) electrons. The standard InChI is InChI=1S/C24H28N2/c1-19-14-15-23(16-24(19)25-17-21-10-6-4-7-11-21)20(2)26(3)18-22-12-8-5-9-13-22/h4-16,20,25H,17-18H2,1-3H3/t20-/m1/s1. The number of anilines is 1. The van der Waals surface area contributed by atoms with Gasteiger partial charge >= 0.3 is 0 Å². The maximum Gasteiger partial charge on any atom is 0.0400 e. The van der Waals surface area contributed by atoms with Gasteiger partial charge in [0.1, 0.15) is 0 Å². The normalized spacial score (nSPS) is 12.2. The molecule has 3 aromatic rings. The minimum absolute atomic E-state index is 0.355. The third-order valence-electron chi connectivity index (χ3n) is 5.01. The van der Waals surface area contributed by atoms with Gasteiger partial charge in [-0.1, -0.05) is 72.8 Å². The van der Waals surface area contributed by atoms with Crippen LogP contribution in [0.15, 0.2) is 78.9 Å². The number of aryl methyl sites for hydroxylation is 1. The molecule has 3 aromatic carbocycles. The fourth-order valence-electron chi connectivity index (χ4n) is 3.15. The predicted molar refractivity (Wildman–Crippen MR) is 111 cm³/mol. The van der Waals surface area contributed by atoms with Crippen LogP contribution in [0.3, 0.4) is 0 Å². The van der Waals surface area contributed by atoms with E-state index in [9.17, 15) is 0 Å². The molecule has 2 nitrogen and oxygen atoms in total. The van der Waals surface area contributed by atoms with Gasteiger partial charge in [-0.15, -0.1) is 0 Å². The molecule has 0 aliphatic carbocycles. The molecule has 0 fully saturated rings. The van der Waals surface area contributed by atoms with Crippen LogP contribution in [0.1, 0.15) is 35.2 Å². The van der Waals surface area contributed by atoms with Crippen molar-refractivity contribution in [3.63, 3.8) is 0 Å². The molecule has 0 heterocycles. The lowest BCUT2D eigenvalue weighted by Crippen LogP contribution is -2.22. The molecule has 1 atom stereocenters. The van der Waals surface area contributed by atoms with Crippen LogP contribution in [0.25, 0.3) is 0 Å². The summed E-state index contributed by atoms with van der Waals surface area (Å²) in [6.07, 6.45) is 0. The molecule has 3 rings (SSSR count). The highest BCUT2D eigenvalue weighted by atomic mass is 15.1. The second-order valence-electron chi connectivity index (χ2n) is 6.99. The molecule has 0 aromatic heterocycles. The lowest BCUT2D eigenvalue weighted by atomic mass is 10.0. The summed E-state index contributed by atoms with van der Waals surface area (Å²) in [5.74, 6) is 0. The molecule has 1 N–H and O–H groups in total. The molecular formula is C24H28N2. The van der Waals surface area contributed by atoms with Crippen LogP contribution in [0, 0.1) is 6.92 Å². The number of hydrogen-bond acceptors (Lipinski definition) is 2. The van der Waals surface area contributed by atoms with Gasteiger partial charge in [-0.05, 0) is 49.2 Å². The maximum absolute atomic E-state index is 3.59. The van der Waals surface area contributed by atoms with Crippen molar-refractivity contribution >= 4 is 5.69 Å².